The molecule has 1 atom stereocenters. The Bertz CT molecular complexity index is 445. The van der Waals surface area contributed by atoms with Crippen molar-refractivity contribution in [3.63, 3.8) is 0 Å². The van der Waals surface area contributed by atoms with Crippen molar-refractivity contribution in [3.8, 4) is 5.75 Å². The fraction of sp³-hybridized carbons (Fsp3) is 0.467. The molecule has 1 fully saturated rings. The van der Waals surface area contributed by atoms with E-state index in [1.54, 1.807) is 12.1 Å². The average Bonchev–Trinajstić information content (AvgIpc) is 2.75. The summed E-state index contributed by atoms with van der Waals surface area (Å²) < 4.78 is 5.53. The van der Waals surface area contributed by atoms with Crippen LogP contribution in [-0.4, -0.2) is 17.7 Å². The van der Waals surface area contributed by atoms with Crippen LogP contribution in [-0.2, 0) is 4.79 Å². The van der Waals surface area contributed by atoms with E-state index in [0.717, 1.165) is 5.75 Å². The van der Waals surface area contributed by atoms with Gasteiger partial charge in [0, 0.05) is 24.3 Å². The first-order chi connectivity index (χ1) is 8.56. The van der Waals surface area contributed by atoms with Gasteiger partial charge in [0.05, 0.1) is 6.10 Å². The van der Waals surface area contributed by atoms with Gasteiger partial charge in [0.25, 0.3) is 0 Å². The molecule has 3 nitrogen and oxygen atoms in total. The second kappa shape index (κ2) is 5.34. The van der Waals surface area contributed by atoms with Crippen LogP contribution in [0.1, 0.15) is 43.5 Å². The lowest BCUT2D eigenvalue weighted by Gasteiger charge is -2.11. The second-order valence-electron chi connectivity index (χ2n) is 5.03. The molecule has 0 heterocycles. The minimum atomic E-state index is -0.116. The van der Waals surface area contributed by atoms with E-state index in [1.165, 1.54) is 0 Å². The highest BCUT2D eigenvalue weighted by Gasteiger charge is 2.28. The molecule has 0 N–H and O–H groups in total. The molecular weight excluding hydrogens is 228 g/mol. The number of Topliss-reactive ketones (excluding diaryl/α,β-unsaturated/α-hetero) is 2. The van der Waals surface area contributed by atoms with Crippen LogP contribution in [0.5, 0.6) is 5.75 Å². The smallest absolute Gasteiger partial charge is 0.166 e. The number of ketones is 2. The van der Waals surface area contributed by atoms with E-state index < -0.39 is 0 Å². The molecule has 1 aromatic carbocycles. The Morgan fingerprint density at radius 3 is 2.44 bits per heavy atom. The number of carbonyl (C=O) groups excluding carboxylic acids is 2. The second-order valence-corrected chi connectivity index (χ2v) is 5.03. The van der Waals surface area contributed by atoms with E-state index in [1.807, 2.05) is 26.0 Å². The maximum Gasteiger partial charge on any atom is 0.166 e. The first-order valence-electron chi connectivity index (χ1n) is 6.39. The van der Waals surface area contributed by atoms with Gasteiger partial charge in [-0.25, -0.2) is 0 Å². The van der Waals surface area contributed by atoms with Gasteiger partial charge in [-0.15, -0.1) is 0 Å². The molecule has 96 valence electrons. The van der Waals surface area contributed by atoms with E-state index in [0.29, 0.717) is 24.8 Å². The van der Waals surface area contributed by atoms with Crippen LogP contribution in [0.3, 0.4) is 0 Å². The Hall–Kier alpha value is -1.64. The third-order valence-electron chi connectivity index (χ3n) is 3.13. The van der Waals surface area contributed by atoms with Gasteiger partial charge in [-0.05, 0) is 44.5 Å². The summed E-state index contributed by atoms with van der Waals surface area (Å²) in [5.41, 5.74) is 0.672. The Morgan fingerprint density at radius 2 is 1.94 bits per heavy atom. The molecule has 3 heteroatoms. The molecule has 2 rings (SSSR count). The standard InChI is InChI=1S/C15H18O3/c1-10(2)18-14-7-4-11(5-8-14)15(17)12-3-6-13(16)9-12/h4-5,7-8,10,12H,3,6,9H2,1-2H3. The van der Waals surface area contributed by atoms with E-state index in [4.69, 9.17) is 4.74 Å². The molecule has 0 radical (unpaired) electrons. The number of benzene rings is 1. The van der Waals surface area contributed by atoms with Gasteiger partial charge in [-0.3, -0.25) is 9.59 Å². The minimum Gasteiger partial charge on any atom is -0.491 e. The van der Waals surface area contributed by atoms with Gasteiger partial charge < -0.3 is 4.74 Å². The summed E-state index contributed by atoms with van der Waals surface area (Å²) >= 11 is 0. The van der Waals surface area contributed by atoms with Crippen LogP contribution < -0.4 is 4.74 Å². The molecule has 0 bridgehead atoms. The zero-order chi connectivity index (χ0) is 13.1. The summed E-state index contributed by atoms with van der Waals surface area (Å²) in [5.74, 6) is 0.934. The lowest BCUT2D eigenvalue weighted by molar-refractivity contribution is -0.117. The number of ether oxygens (including phenoxy) is 1. The van der Waals surface area contributed by atoms with E-state index in [2.05, 4.69) is 0 Å². The van der Waals surface area contributed by atoms with Crippen molar-refractivity contribution in [2.75, 3.05) is 0 Å². The molecular formula is C15H18O3. The molecule has 1 saturated carbocycles. The van der Waals surface area contributed by atoms with Gasteiger partial charge >= 0.3 is 0 Å². The zero-order valence-electron chi connectivity index (χ0n) is 10.8. The molecule has 0 amide bonds. The first kappa shape index (κ1) is 12.8. The molecule has 1 aliphatic rings. The van der Waals surface area contributed by atoms with Crippen LogP contribution in [0.15, 0.2) is 24.3 Å². The van der Waals surface area contributed by atoms with Crippen LogP contribution in [0.25, 0.3) is 0 Å². The Morgan fingerprint density at radius 1 is 1.28 bits per heavy atom. The largest absolute Gasteiger partial charge is 0.491 e. The Balaban J connectivity index is 2.05. The SMILES string of the molecule is CC(C)Oc1ccc(C(=O)C2CCC(=O)C2)cc1. The number of hydrogen-bond donors (Lipinski definition) is 0. The number of hydrogen-bond acceptors (Lipinski definition) is 3. The molecule has 18 heavy (non-hydrogen) atoms. The zero-order valence-corrected chi connectivity index (χ0v) is 10.8. The monoisotopic (exact) mass is 246 g/mol. The summed E-state index contributed by atoms with van der Waals surface area (Å²) in [6, 6.07) is 7.18. The normalized spacial score (nSPS) is 19.3. The maximum atomic E-state index is 12.1. The highest BCUT2D eigenvalue weighted by atomic mass is 16.5. The van der Waals surface area contributed by atoms with E-state index in [-0.39, 0.29) is 23.6 Å². The molecule has 1 aliphatic carbocycles. The summed E-state index contributed by atoms with van der Waals surface area (Å²) in [6.07, 6.45) is 1.77. The quantitative estimate of drug-likeness (QED) is 0.767. The molecule has 0 aromatic heterocycles. The maximum absolute atomic E-state index is 12.1. The molecule has 0 spiro atoms. The van der Waals surface area contributed by atoms with Gasteiger partial charge in [0.1, 0.15) is 11.5 Å². The highest BCUT2D eigenvalue weighted by Crippen LogP contribution is 2.26. The Kier molecular flexibility index (Phi) is 3.80. The van der Waals surface area contributed by atoms with Crippen molar-refractivity contribution in [2.45, 2.75) is 39.2 Å². The Labute approximate surface area is 107 Å². The van der Waals surface area contributed by atoms with Crippen molar-refractivity contribution in [3.05, 3.63) is 29.8 Å². The van der Waals surface area contributed by atoms with Crippen molar-refractivity contribution >= 4 is 11.6 Å². The summed E-state index contributed by atoms with van der Waals surface area (Å²) in [6.45, 7) is 3.92. The third-order valence-corrected chi connectivity index (χ3v) is 3.13. The van der Waals surface area contributed by atoms with Gasteiger partial charge in [0.2, 0.25) is 0 Å². The molecule has 0 aliphatic heterocycles. The predicted octanol–water partition coefficient (Wildman–Crippen LogP) is 3.03. The van der Waals surface area contributed by atoms with Crippen molar-refractivity contribution in [1.29, 1.82) is 0 Å². The lowest BCUT2D eigenvalue weighted by Crippen LogP contribution is -2.12. The number of rotatable bonds is 4. The average molecular weight is 246 g/mol. The lowest BCUT2D eigenvalue weighted by atomic mass is 9.96. The van der Waals surface area contributed by atoms with Crippen LogP contribution in [0.4, 0.5) is 0 Å². The molecule has 1 unspecified atom stereocenters. The van der Waals surface area contributed by atoms with Crippen LogP contribution in [0, 0.1) is 5.92 Å². The number of carbonyl (C=O) groups is 2. The van der Waals surface area contributed by atoms with Crippen molar-refractivity contribution < 1.29 is 14.3 Å². The minimum absolute atomic E-state index is 0.0805. The van der Waals surface area contributed by atoms with Gasteiger partial charge in [-0.2, -0.15) is 0 Å². The summed E-state index contributed by atoms with van der Waals surface area (Å²) in [4.78, 5) is 23.3. The fourth-order valence-electron chi connectivity index (χ4n) is 2.24. The van der Waals surface area contributed by atoms with Crippen LogP contribution in [0.2, 0.25) is 0 Å². The molecule has 0 saturated heterocycles. The summed E-state index contributed by atoms with van der Waals surface area (Å²) in [7, 11) is 0. The van der Waals surface area contributed by atoms with Crippen molar-refractivity contribution in [1.82, 2.24) is 0 Å². The van der Waals surface area contributed by atoms with Crippen LogP contribution >= 0.6 is 0 Å². The fourth-order valence-corrected chi connectivity index (χ4v) is 2.24. The summed E-state index contributed by atoms with van der Waals surface area (Å²) in [5, 5.41) is 0. The molecule has 1 aromatic rings. The van der Waals surface area contributed by atoms with Gasteiger partial charge in [0.15, 0.2) is 5.78 Å². The predicted molar refractivity (Wildman–Crippen MR) is 68.9 cm³/mol. The highest BCUT2D eigenvalue weighted by molar-refractivity contribution is 6.01. The first-order valence-corrected chi connectivity index (χ1v) is 6.39. The third kappa shape index (κ3) is 2.97. The van der Waals surface area contributed by atoms with Gasteiger partial charge in [-0.1, -0.05) is 0 Å². The van der Waals surface area contributed by atoms with Crippen molar-refractivity contribution in [2.24, 2.45) is 5.92 Å². The topological polar surface area (TPSA) is 43.4 Å². The van der Waals surface area contributed by atoms with E-state index >= 15 is 0 Å². The van der Waals surface area contributed by atoms with E-state index in [9.17, 15) is 9.59 Å².